The van der Waals surface area contributed by atoms with Crippen LogP contribution in [0.2, 0.25) is 0 Å². The van der Waals surface area contributed by atoms with Crippen molar-refractivity contribution in [3.63, 3.8) is 0 Å². The van der Waals surface area contributed by atoms with Crippen LogP contribution in [0.15, 0.2) is 33.9 Å². The number of carboxylic acids is 1. The topological polar surface area (TPSA) is 37.3 Å². The Labute approximate surface area is 110 Å². The Bertz CT molecular complexity index is 398. The van der Waals surface area contributed by atoms with Gasteiger partial charge in [0.15, 0.2) is 0 Å². The van der Waals surface area contributed by atoms with Gasteiger partial charge in [-0.15, -0.1) is 0 Å². The summed E-state index contributed by atoms with van der Waals surface area (Å²) in [5.74, 6) is -0.340. The van der Waals surface area contributed by atoms with Gasteiger partial charge in [-0.25, -0.2) is 4.79 Å². The van der Waals surface area contributed by atoms with E-state index in [0.717, 1.165) is 22.9 Å². The van der Waals surface area contributed by atoms with E-state index in [1.807, 2.05) is 18.2 Å². The third-order valence-electron chi connectivity index (χ3n) is 3.45. The van der Waals surface area contributed by atoms with Crippen LogP contribution in [-0.2, 0) is 4.79 Å². The molecule has 2 aliphatic carbocycles. The summed E-state index contributed by atoms with van der Waals surface area (Å²) in [7, 11) is 0. The molecule has 1 N–H and O–H groups in total. The number of halogens is 1. The molecule has 0 heterocycles. The minimum Gasteiger partial charge on any atom is -0.478 e. The molecule has 0 aromatic rings. The van der Waals surface area contributed by atoms with Gasteiger partial charge in [-0.05, 0) is 28.8 Å². The number of rotatable bonds is 3. The first-order chi connectivity index (χ1) is 8.16. The third-order valence-corrected chi connectivity index (χ3v) is 4.00. The maximum atomic E-state index is 11.3. The van der Waals surface area contributed by atoms with E-state index in [1.54, 1.807) is 0 Å². The fourth-order valence-electron chi connectivity index (χ4n) is 2.53. The molecule has 0 aromatic heterocycles. The standard InChI is InChI=1S/C14H17BrO2/c15-12-7-6-11(9-12)13(14(16)17)8-10-4-2-1-3-5-10/h6-8,10H,1-5,9H2,(H,16,17). The smallest absolute Gasteiger partial charge is 0.335 e. The van der Waals surface area contributed by atoms with E-state index in [2.05, 4.69) is 15.9 Å². The fraction of sp³-hybridized carbons (Fsp3) is 0.500. The van der Waals surface area contributed by atoms with Crippen LogP contribution in [0, 0.1) is 5.92 Å². The first-order valence-corrected chi connectivity index (χ1v) is 6.97. The van der Waals surface area contributed by atoms with Crippen LogP contribution < -0.4 is 0 Å². The predicted octanol–water partition coefficient (Wildman–Crippen LogP) is 4.19. The highest BCUT2D eigenvalue weighted by Crippen LogP contribution is 2.32. The summed E-state index contributed by atoms with van der Waals surface area (Å²) in [6, 6.07) is 0. The Morgan fingerprint density at radius 2 is 2.00 bits per heavy atom. The average Bonchev–Trinajstić information content (AvgIpc) is 2.73. The third kappa shape index (κ3) is 3.32. The summed E-state index contributed by atoms with van der Waals surface area (Å²) < 4.78 is 1.06. The molecule has 0 amide bonds. The van der Waals surface area contributed by atoms with Crippen LogP contribution in [-0.4, -0.2) is 11.1 Å². The second kappa shape index (κ2) is 5.67. The van der Waals surface area contributed by atoms with Gasteiger partial charge in [0.05, 0.1) is 5.57 Å². The second-order valence-electron chi connectivity index (χ2n) is 4.77. The van der Waals surface area contributed by atoms with Crippen LogP contribution in [0.25, 0.3) is 0 Å². The highest BCUT2D eigenvalue weighted by molar-refractivity contribution is 9.11. The monoisotopic (exact) mass is 296 g/mol. The highest BCUT2D eigenvalue weighted by atomic mass is 79.9. The van der Waals surface area contributed by atoms with Gasteiger partial charge in [0, 0.05) is 6.42 Å². The normalized spacial score (nSPS) is 22.3. The van der Waals surface area contributed by atoms with Gasteiger partial charge in [-0.3, -0.25) is 0 Å². The zero-order chi connectivity index (χ0) is 12.3. The van der Waals surface area contributed by atoms with Crippen molar-refractivity contribution in [3.8, 4) is 0 Å². The highest BCUT2D eigenvalue weighted by Gasteiger charge is 2.20. The molecule has 0 aliphatic heterocycles. The van der Waals surface area contributed by atoms with Crippen molar-refractivity contribution >= 4 is 21.9 Å². The van der Waals surface area contributed by atoms with Gasteiger partial charge >= 0.3 is 5.97 Å². The molecule has 2 rings (SSSR count). The van der Waals surface area contributed by atoms with E-state index in [4.69, 9.17) is 0 Å². The molecule has 1 fully saturated rings. The maximum Gasteiger partial charge on any atom is 0.335 e. The Morgan fingerprint density at radius 3 is 2.53 bits per heavy atom. The number of allylic oxidation sites excluding steroid dienone is 4. The first-order valence-electron chi connectivity index (χ1n) is 6.17. The Morgan fingerprint density at radius 1 is 1.29 bits per heavy atom. The van der Waals surface area contributed by atoms with Gasteiger partial charge in [0.25, 0.3) is 0 Å². The SMILES string of the molecule is O=C(O)C(=CC1CCCCC1)C1=CC=C(Br)C1. The van der Waals surface area contributed by atoms with E-state index in [9.17, 15) is 9.90 Å². The van der Waals surface area contributed by atoms with Gasteiger partial charge in [0.2, 0.25) is 0 Å². The second-order valence-corrected chi connectivity index (χ2v) is 5.78. The van der Waals surface area contributed by atoms with Crippen LogP contribution in [0.1, 0.15) is 38.5 Å². The summed E-state index contributed by atoms with van der Waals surface area (Å²) in [5.41, 5.74) is 1.43. The molecular formula is C14H17BrO2. The lowest BCUT2D eigenvalue weighted by Crippen LogP contribution is -2.09. The number of carboxylic acid groups (broad SMARTS) is 1. The van der Waals surface area contributed by atoms with Crippen molar-refractivity contribution in [3.05, 3.63) is 33.9 Å². The molecule has 3 heteroatoms. The number of hydrogen-bond acceptors (Lipinski definition) is 1. The lowest BCUT2D eigenvalue weighted by Gasteiger charge is -2.19. The Balaban J connectivity index is 2.12. The van der Waals surface area contributed by atoms with Crippen molar-refractivity contribution in [1.29, 1.82) is 0 Å². The largest absolute Gasteiger partial charge is 0.478 e. The molecule has 92 valence electrons. The molecule has 17 heavy (non-hydrogen) atoms. The minimum absolute atomic E-state index is 0.454. The summed E-state index contributed by atoms with van der Waals surface area (Å²) in [5, 5.41) is 9.30. The van der Waals surface area contributed by atoms with Crippen LogP contribution >= 0.6 is 15.9 Å². The molecule has 2 aliphatic rings. The van der Waals surface area contributed by atoms with Crippen LogP contribution in [0.3, 0.4) is 0 Å². The van der Waals surface area contributed by atoms with Gasteiger partial charge in [0.1, 0.15) is 0 Å². The molecule has 2 nitrogen and oxygen atoms in total. The van der Waals surface area contributed by atoms with Crippen molar-refractivity contribution in [2.75, 3.05) is 0 Å². The summed E-state index contributed by atoms with van der Waals surface area (Å²) in [6.07, 6.45) is 12.6. The molecule has 0 aromatic carbocycles. The summed E-state index contributed by atoms with van der Waals surface area (Å²) >= 11 is 3.41. The van der Waals surface area contributed by atoms with Crippen molar-refractivity contribution in [1.82, 2.24) is 0 Å². The van der Waals surface area contributed by atoms with E-state index in [-0.39, 0.29) is 0 Å². The molecule has 0 atom stereocenters. The number of carbonyl (C=O) groups is 1. The van der Waals surface area contributed by atoms with Gasteiger partial charge in [-0.2, -0.15) is 0 Å². The first kappa shape index (κ1) is 12.6. The average molecular weight is 297 g/mol. The predicted molar refractivity (Wildman–Crippen MR) is 72.0 cm³/mol. The molecule has 0 unspecified atom stereocenters. The van der Waals surface area contributed by atoms with E-state index in [0.29, 0.717) is 17.9 Å². The summed E-state index contributed by atoms with van der Waals surface area (Å²) in [4.78, 5) is 11.3. The molecule has 0 saturated heterocycles. The van der Waals surface area contributed by atoms with Crippen LogP contribution in [0.4, 0.5) is 0 Å². The van der Waals surface area contributed by atoms with Crippen molar-refractivity contribution < 1.29 is 9.90 Å². The molecule has 1 saturated carbocycles. The quantitative estimate of drug-likeness (QED) is 0.793. The zero-order valence-corrected chi connectivity index (χ0v) is 11.4. The number of aliphatic carboxylic acids is 1. The molecule has 0 spiro atoms. The lowest BCUT2D eigenvalue weighted by atomic mass is 9.86. The minimum atomic E-state index is -0.794. The van der Waals surface area contributed by atoms with E-state index in [1.165, 1.54) is 19.3 Å². The van der Waals surface area contributed by atoms with Gasteiger partial charge in [-0.1, -0.05) is 53.4 Å². The maximum absolute atomic E-state index is 11.3. The lowest BCUT2D eigenvalue weighted by molar-refractivity contribution is -0.132. The van der Waals surface area contributed by atoms with E-state index >= 15 is 0 Å². The van der Waals surface area contributed by atoms with Crippen molar-refractivity contribution in [2.45, 2.75) is 38.5 Å². The Kier molecular flexibility index (Phi) is 4.21. The molecule has 0 bridgehead atoms. The molecular weight excluding hydrogens is 280 g/mol. The van der Waals surface area contributed by atoms with Gasteiger partial charge < -0.3 is 5.11 Å². The zero-order valence-electron chi connectivity index (χ0n) is 9.79. The van der Waals surface area contributed by atoms with E-state index < -0.39 is 5.97 Å². The molecule has 0 radical (unpaired) electrons. The Hall–Kier alpha value is -0.830. The van der Waals surface area contributed by atoms with Crippen LogP contribution in [0.5, 0.6) is 0 Å². The fourth-order valence-corrected chi connectivity index (χ4v) is 2.96. The summed E-state index contributed by atoms with van der Waals surface area (Å²) in [6.45, 7) is 0. The number of hydrogen-bond donors (Lipinski definition) is 1. The van der Waals surface area contributed by atoms with Crippen molar-refractivity contribution in [2.24, 2.45) is 5.92 Å².